The summed E-state index contributed by atoms with van der Waals surface area (Å²) < 4.78 is 22.6. The van der Waals surface area contributed by atoms with E-state index in [0.29, 0.717) is 18.0 Å². The highest BCUT2D eigenvalue weighted by Crippen LogP contribution is 2.27. The van der Waals surface area contributed by atoms with Crippen LogP contribution in [-0.2, 0) is 9.05 Å². The number of carbonyl (C=O) groups is 1. The van der Waals surface area contributed by atoms with Gasteiger partial charge in [0.15, 0.2) is 0 Å². The predicted octanol–water partition coefficient (Wildman–Crippen LogP) is 3.17. The van der Waals surface area contributed by atoms with Gasteiger partial charge in [-0.1, -0.05) is 25.8 Å². The van der Waals surface area contributed by atoms with Gasteiger partial charge in [-0.3, -0.25) is 4.79 Å². The van der Waals surface area contributed by atoms with E-state index in [4.69, 9.17) is 10.7 Å². The van der Waals surface area contributed by atoms with E-state index in [1.54, 1.807) is 6.07 Å². The Balaban J connectivity index is 1.95. The zero-order valence-corrected chi connectivity index (χ0v) is 13.6. The minimum atomic E-state index is -3.81. The quantitative estimate of drug-likeness (QED) is 0.863. The van der Waals surface area contributed by atoms with Gasteiger partial charge in [0.05, 0.1) is 4.90 Å². The summed E-state index contributed by atoms with van der Waals surface area (Å²) in [6, 6.07) is 5.79. The van der Waals surface area contributed by atoms with E-state index in [2.05, 4.69) is 12.2 Å². The molecule has 1 aromatic carbocycles. The molecule has 1 saturated carbocycles. The summed E-state index contributed by atoms with van der Waals surface area (Å²) >= 11 is 0. The van der Waals surface area contributed by atoms with E-state index in [1.165, 1.54) is 31.0 Å². The van der Waals surface area contributed by atoms with Crippen molar-refractivity contribution in [2.75, 3.05) is 6.54 Å². The molecule has 1 aliphatic carbocycles. The van der Waals surface area contributed by atoms with E-state index in [-0.39, 0.29) is 10.8 Å². The van der Waals surface area contributed by atoms with Crippen molar-refractivity contribution in [3.8, 4) is 0 Å². The molecule has 0 aliphatic heterocycles. The molecule has 1 fully saturated rings. The molecule has 0 aromatic heterocycles. The fraction of sp³-hybridized carbons (Fsp3) is 0.533. The number of hydrogen-bond donors (Lipinski definition) is 1. The first-order chi connectivity index (χ1) is 9.86. The monoisotopic (exact) mass is 329 g/mol. The molecule has 4 nitrogen and oxygen atoms in total. The maximum absolute atomic E-state index is 12.1. The highest BCUT2D eigenvalue weighted by atomic mass is 35.7. The van der Waals surface area contributed by atoms with Gasteiger partial charge in [0.2, 0.25) is 0 Å². The third-order valence-electron chi connectivity index (χ3n) is 4.06. The normalized spacial score (nSPS) is 22.8. The first kappa shape index (κ1) is 16.3. The van der Waals surface area contributed by atoms with E-state index in [9.17, 15) is 13.2 Å². The molecule has 0 atom stereocenters. The Morgan fingerprint density at radius 2 is 1.95 bits per heavy atom. The lowest BCUT2D eigenvalue weighted by molar-refractivity contribution is 0.0941. The average Bonchev–Trinajstić information content (AvgIpc) is 2.45. The van der Waals surface area contributed by atoms with Crippen molar-refractivity contribution in [2.45, 2.75) is 37.5 Å². The van der Waals surface area contributed by atoms with Crippen LogP contribution in [-0.4, -0.2) is 20.9 Å². The molecule has 1 aliphatic rings. The van der Waals surface area contributed by atoms with Crippen LogP contribution in [0.25, 0.3) is 0 Å². The Hall–Kier alpha value is -1.07. The first-order valence-electron chi connectivity index (χ1n) is 7.19. The van der Waals surface area contributed by atoms with Crippen LogP contribution in [0.2, 0.25) is 0 Å². The van der Waals surface area contributed by atoms with Crippen molar-refractivity contribution in [2.24, 2.45) is 11.8 Å². The Kier molecular flexibility index (Phi) is 5.27. The summed E-state index contributed by atoms with van der Waals surface area (Å²) in [5.41, 5.74) is 0.320. The van der Waals surface area contributed by atoms with E-state index in [1.807, 2.05) is 0 Å². The SMILES string of the molecule is CC1CCC(CNC(=O)c2cccc(S(=O)(=O)Cl)c2)CC1. The number of nitrogens with one attached hydrogen (secondary N) is 1. The van der Waals surface area contributed by atoms with Crippen molar-refractivity contribution in [3.05, 3.63) is 29.8 Å². The number of carbonyl (C=O) groups excluding carboxylic acids is 1. The lowest BCUT2D eigenvalue weighted by Crippen LogP contribution is -2.31. The van der Waals surface area contributed by atoms with Crippen molar-refractivity contribution in [3.63, 3.8) is 0 Å². The molecular formula is C15H20ClNO3S. The largest absolute Gasteiger partial charge is 0.352 e. The second kappa shape index (κ2) is 6.79. The summed E-state index contributed by atoms with van der Waals surface area (Å²) in [6.45, 7) is 2.90. The zero-order chi connectivity index (χ0) is 15.5. The maximum atomic E-state index is 12.1. The zero-order valence-electron chi connectivity index (χ0n) is 12.0. The lowest BCUT2D eigenvalue weighted by atomic mass is 9.83. The van der Waals surface area contributed by atoms with Gasteiger partial charge >= 0.3 is 0 Å². The van der Waals surface area contributed by atoms with Crippen molar-refractivity contribution in [1.29, 1.82) is 0 Å². The molecule has 2 rings (SSSR count). The fourth-order valence-electron chi connectivity index (χ4n) is 2.66. The molecule has 6 heteroatoms. The summed E-state index contributed by atoms with van der Waals surface area (Å²) in [6.07, 6.45) is 4.69. The van der Waals surface area contributed by atoms with Gasteiger partial charge < -0.3 is 5.32 Å². The second-order valence-electron chi connectivity index (χ2n) is 5.80. The van der Waals surface area contributed by atoms with Crippen LogP contribution in [0.1, 0.15) is 43.0 Å². The average molecular weight is 330 g/mol. The minimum Gasteiger partial charge on any atom is -0.352 e. The molecule has 21 heavy (non-hydrogen) atoms. The van der Waals surface area contributed by atoms with Gasteiger partial charge in [0.1, 0.15) is 0 Å². The van der Waals surface area contributed by atoms with Crippen molar-refractivity contribution in [1.82, 2.24) is 5.32 Å². The maximum Gasteiger partial charge on any atom is 0.261 e. The summed E-state index contributed by atoms with van der Waals surface area (Å²) in [7, 11) is 1.48. The Morgan fingerprint density at radius 1 is 1.29 bits per heavy atom. The van der Waals surface area contributed by atoms with Crippen LogP contribution in [0.3, 0.4) is 0 Å². The first-order valence-corrected chi connectivity index (χ1v) is 9.50. The van der Waals surface area contributed by atoms with Gasteiger partial charge in [-0.15, -0.1) is 0 Å². The summed E-state index contributed by atoms with van der Waals surface area (Å²) in [5, 5.41) is 2.89. The van der Waals surface area contributed by atoms with Crippen LogP contribution in [0, 0.1) is 11.8 Å². The van der Waals surface area contributed by atoms with Crippen LogP contribution in [0.15, 0.2) is 29.2 Å². The highest BCUT2D eigenvalue weighted by Gasteiger charge is 2.19. The predicted molar refractivity (Wildman–Crippen MR) is 82.9 cm³/mol. The number of hydrogen-bond acceptors (Lipinski definition) is 3. The Labute approximate surface area is 130 Å². The van der Waals surface area contributed by atoms with Gasteiger partial charge in [0.25, 0.3) is 15.0 Å². The molecule has 0 radical (unpaired) electrons. The van der Waals surface area contributed by atoms with Gasteiger partial charge in [-0.05, 0) is 42.9 Å². The van der Waals surface area contributed by atoms with E-state index >= 15 is 0 Å². The molecule has 0 heterocycles. The van der Waals surface area contributed by atoms with E-state index < -0.39 is 9.05 Å². The van der Waals surface area contributed by atoms with Crippen molar-refractivity contribution >= 4 is 25.6 Å². The van der Waals surface area contributed by atoms with Crippen LogP contribution in [0.5, 0.6) is 0 Å². The van der Waals surface area contributed by atoms with Gasteiger partial charge in [0, 0.05) is 22.8 Å². The number of halogens is 1. The Bertz CT molecular complexity index is 607. The van der Waals surface area contributed by atoms with Crippen LogP contribution in [0.4, 0.5) is 0 Å². The smallest absolute Gasteiger partial charge is 0.261 e. The third-order valence-corrected chi connectivity index (χ3v) is 5.42. The lowest BCUT2D eigenvalue weighted by Gasteiger charge is -2.26. The molecule has 1 N–H and O–H groups in total. The summed E-state index contributed by atoms with van der Waals surface area (Å²) in [4.78, 5) is 12.0. The molecule has 0 spiro atoms. The molecule has 0 unspecified atom stereocenters. The number of amides is 1. The summed E-state index contributed by atoms with van der Waals surface area (Å²) in [5.74, 6) is 1.04. The van der Waals surface area contributed by atoms with Crippen molar-refractivity contribution < 1.29 is 13.2 Å². The molecule has 0 saturated heterocycles. The number of benzene rings is 1. The minimum absolute atomic E-state index is 0.0525. The highest BCUT2D eigenvalue weighted by molar-refractivity contribution is 8.13. The third kappa shape index (κ3) is 4.71. The van der Waals surface area contributed by atoms with E-state index in [0.717, 1.165) is 18.8 Å². The standard InChI is InChI=1S/C15H20ClNO3S/c1-11-5-7-12(8-6-11)10-17-15(18)13-3-2-4-14(9-13)21(16,19)20/h2-4,9,11-12H,5-8,10H2,1H3,(H,17,18). The Morgan fingerprint density at radius 3 is 2.57 bits per heavy atom. The number of rotatable bonds is 4. The van der Waals surface area contributed by atoms with Crippen LogP contribution >= 0.6 is 10.7 Å². The molecule has 1 amide bonds. The molecule has 0 bridgehead atoms. The molecule has 116 valence electrons. The fourth-order valence-corrected chi connectivity index (χ4v) is 3.46. The van der Waals surface area contributed by atoms with Gasteiger partial charge in [-0.2, -0.15) is 0 Å². The van der Waals surface area contributed by atoms with Crippen LogP contribution < -0.4 is 5.32 Å². The molecule has 1 aromatic rings. The topological polar surface area (TPSA) is 63.2 Å². The second-order valence-corrected chi connectivity index (χ2v) is 8.37. The molecular weight excluding hydrogens is 310 g/mol. The van der Waals surface area contributed by atoms with Gasteiger partial charge in [-0.25, -0.2) is 8.42 Å².